The molecule has 0 spiro atoms. The predicted molar refractivity (Wildman–Crippen MR) is 75.1 cm³/mol. The van der Waals surface area contributed by atoms with Gasteiger partial charge >= 0.3 is 0 Å². The highest BCUT2D eigenvalue weighted by Gasteiger charge is 2.27. The van der Waals surface area contributed by atoms with Crippen molar-refractivity contribution < 1.29 is 0 Å². The van der Waals surface area contributed by atoms with E-state index >= 15 is 0 Å². The molecule has 5 atom stereocenters. The zero-order valence-corrected chi connectivity index (χ0v) is 12.0. The third kappa shape index (κ3) is 3.71. The molecule has 0 heterocycles. The van der Waals surface area contributed by atoms with Gasteiger partial charge in [0, 0.05) is 6.04 Å². The van der Waals surface area contributed by atoms with Gasteiger partial charge < -0.3 is 5.32 Å². The van der Waals surface area contributed by atoms with E-state index < -0.39 is 0 Å². The lowest BCUT2D eigenvalue weighted by Crippen LogP contribution is -2.43. The second kappa shape index (κ2) is 6.22. The van der Waals surface area contributed by atoms with Crippen molar-refractivity contribution in [3.05, 3.63) is 0 Å². The zero-order valence-electron chi connectivity index (χ0n) is 12.0. The second-order valence-corrected chi connectivity index (χ2v) is 6.93. The third-order valence-corrected chi connectivity index (χ3v) is 5.39. The molecular weight excluding hydrogens is 206 g/mol. The molecule has 0 aliphatic heterocycles. The van der Waals surface area contributed by atoms with Gasteiger partial charge in [-0.2, -0.15) is 0 Å². The molecule has 0 amide bonds. The molecule has 0 radical (unpaired) electrons. The lowest BCUT2D eigenvalue weighted by molar-refractivity contribution is 0.191. The Morgan fingerprint density at radius 3 is 2.41 bits per heavy atom. The van der Waals surface area contributed by atoms with Gasteiger partial charge in [0.2, 0.25) is 0 Å². The monoisotopic (exact) mass is 237 g/mol. The van der Waals surface area contributed by atoms with Crippen LogP contribution in [0.25, 0.3) is 0 Å². The van der Waals surface area contributed by atoms with Gasteiger partial charge in [0.1, 0.15) is 0 Å². The smallest absolute Gasteiger partial charge is 0.00953 e. The summed E-state index contributed by atoms with van der Waals surface area (Å²) in [4.78, 5) is 0. The van der Waals surface area contributed by atoms with E-state index in [0.717, 1.165) is 29.7 Å². The summed E-state index contributed by atoms with van der Waals surface area (Å²) < 4.78 is 0. The summed E-state index contributed by atoms with van der Waals surface area (Å²) in [6.07, 6.45) is 10.1. The maximum atomic E-state index is 3.90. The third-order valence-electron chi connectivity index (χ3n) is 5.39. The highest BCUT2D eigenvalue weighted by Crippen LogP contribution is 2.31. The van der Waals surface area contributed by atoms with E-state index in [9.17, 15) is 0 Å². The van der Waals surface area contributed by atoms with E-state index in [2.05, 4.69) is 26.1 Å². The van der Waals surface area contributed by atoms with Crippen molar-refractivity contribution in [2.75, 3.05) is 6.54 Å². The standard InChI is InChI=1S/C16H31N/c1-12-8-9-14(3)16(10-12)17-11-15-7-5-4-6-13(15)2/h12-17H,4-11H2,1-3H3. The van der Waals surface area contributed by atoms with E-state index in [4.69, 9.17) is 0 Å². The summed E-state index contributed by atoms with van der Waals surface area (Å²) in [5, 5.41) is 3.90. The lowest BCUT2D eigenvalue weighted by atomic mass is 9.78. The van der Waals surface area contributed by atoms with Gasteiger partial charge in [-0.1, -0.05) is 46.5 Å². The fourth-order valence-electron chi connectivity index (χ4n) is 3.82. The van der Waals surface area contributed by atoms with Crippen molar-refractivity contribution in [3.8, 4) is 0 Å². The molecule has 1 N–H and O–H groups in total. The molecule has 2 saturated carbocycles. The summed E-state index contributed by atoms with van der Waals surface area (Å²) in [7, 11) is 0. The van der Waals surface area contributed by atoms with Crippen LogP contribution in [0.3, 0.4) is 0 Å². The first kappa shape index (κ1) is 13.4. The number of hydrogen-bond donors (Lipinski definition) is 1. The van der Waals surface area contributed by atoms with Crippen molar-refractivity contribution in [2.45, 2.75) is 71.8 Å². The fraction of sp³-hybridized carbons (Fsp3) is 1.00. The first-order chi connectivity index (χ1) is 8.16. The van der Waals surface area contributed by atoms with Crippen molar-refractivity contribution >= 4 is 0 Å². The topological polar surface area (TPSA) is 12.0 Å². The van der Waals surface area contributed by atoms with Crippen molar-refractivity contribution in [3.63, 3.8) is 0 Å². The molecule has 17 heavy (non-hydrogen) atoms. The van der Waals surface area contributed by atoms with Crippen LogP contribution in [0.2, 0.25) is 0 Å². The highest BCUT2D eigenvalue weighted by molar-refractivity contribution is 4.83. The molecular formula is C16H31N. The van der Waals surface area contributed by atoms with Gasteiger partial charge in [-0.25, -0.2) is 0 Å². The molecule has 0 saturated heterocycles. The van der Waals surface area contributed by atoms with Gasteiger partial charge in [0.15, 0.2) is 0 Å². The molecule has 1 nitrogen and oxygen atoms in total. The Kier molecular flexibility index (Phi) is 4.90. The van der Waals surface area contributed by atoms with Crippen LogP contribution in [-0.4, -0.2) is 12.6 Å². The predicted octanol–water partition coefficient (Wildman–Crippen LogP) is 4.23. The van der Waals surface area contributed by atoms with E-state index in [1.807, 2.05) is 0 Å². The first-order valence-electron chi connectivity index (χ1n) is 7.90. The number of hydrogen-bond acceptors (Lipinski definition) is 1. The Bertz CT molecular complexity index is 226. The van der Waals surface area contributed by atoms with Crippen LogP contribution in [0.4, 0.5) is 0 Å². The second-order valence-electron chi connectivity index (χ2n) is 6.93. The largest absolute Gasteiger partial charge is 0.313 e. The van der Waals surface area contributed by atoms with Gasteiger partial charge in [0.05, 0.1) is 0 Å². The number of rotatable bonds is 3. The molecule has 1 heteroatoms. The molecule has 2 aliphatic rings. The Morgan fingerprint density at radius 2 is 1.65 bits per heavy atom. The summed E-state index contributed by atoms with van der Waals surface area (Å²) in [6, 6.07) is 0.799. The minimum absolute atomic E-state index is 0.799. The van der Waals surface area contributed by atoms with E-state index in [-0.39, 0.29) is 0 Å². The molecule has 100 valence electrons. The molecule has 0 aromatic heterocycles. The van der Waals surface area contributed by atoms with Gasteiger partial charge in [-0.05, 0) is 49.5 Å². The van der Waals surface area contributed by atoms with Crippen molar-refractivity contribution in [1.29, 1.82) is 0 Å². The minimum Gasteiger partial charge on any atom is -0.313 e. The highest BCUT2D eigenvalue weighted by atomic mass is 14.9. The maximum Gasteiger partial charge on any atom is 0.00953 e. The Hall–Kier alpha value is -0.0400. The molecule has 2 rings (SSSR count). The fourth-order valence-corrected chi connectivity index (χ4v) is 3.82. The summed E-state index contributed by atoms with van der Waals surface area (Å²) in [5.41, 5.74) is 0. The van der Waals surface area contributed by atoms with Crippen LogP contribution in [0, 0.1) is 23.7 Å². The number of nitrogens with one attached hydrogen (secondary N) is 1. The van der Waals surface area contributed by atoms with Crippen LogP contribution in [0.15, 0.2) is 0 Å². The summed E-state index contributed by atoms with van der Waals surface area (Å²) >= 11 is 0. The average molecular weight is 237 g/mol. The normalized spacial score (nSPS) is 43.6. The Balaban J connectivity index is 1.76. The quantitative estimate of drug-likeness (QED) is 0.774. The van der Waals surface area contributed by atoms with Gasteiger partial charge in [-0.3, -0.25) is 0 Å². The maximum absolute atomic E-state index is 3.90. The van der Waals surface area contributed by atoms with E-state index in [1.54, 1.807) is 0 Å². The van der Waals surface area contributed by atoms with Crippen LogP contribution >= 0.6 is 0 Å². The Morgan fingerprint density at radius 1 is 0.882 bits per heavy atom. The summed E-state index contributed by atoms with van der Waals surface area (Å²) in [5.74, 6) is 3.73. The molecule has 0 bridgehead atoms. The molecule has 2 aliphatic carbocycles. The zero-order chi connectivity index (χ0) is 12.3. The minimum atomic E-state index is 0.799. The van der Waals surface area contributed by atoms with Crippen LogP contribution < -0.4 is 5.32 Å². The average Bonchev–Trinajstić information content (AvgIpc) is 2.32. The van der Waals surface area contributed by atoms with Gasteiger partial charge in [0.25, 0.3) is 0 Å². The SMILES string of the molecule is CC1CCC(C)C(NCC2CCCCC2C)C1. The van der Waals surface area contributed by atoms with E-state index in [0.29, 0.717) is 0 Å². The first-order valence-corrected chi connectivity index (χ1v) is 7.90. The van der Waals surface area contributed by atoms with Crippen LogP contribution in [0.1, 0.15) is 65.7 Å². The van der Waals surface area contributed by atoms with Crippen molar-refractivity contribution in [1.82, 2.24) is 5.32 Å². The van der Waals surface area contributed by atoms with Crippen LogP contribution in [-0.2, 0) is 0 Å². The van der Waals surface area contributed by atoms with Crippen molar-refractivity contribution in [2.24, 2.45) is 23.7 Å². The molecule has 5 unspecified atom stereocenters. The Labute approximate surface area is 108 Å². The van der Waals surface area contributed by atoms with E-state index in [1.165, 1.54) is 51.5 Å². The molecule has 0 aromatic rings. The molecule has 2 fully saturated rings. The van der Waals surface area contributed by atoms with Gasteiger partial charge in [-0.15, -0.1) is 0 Å². The molecule has 0 aromatic carbocycles. The lowest BCUT2D eigenvalue weighted by Gasteiger charge is -2.36. The van der Waals surface area contributed by atoms with Crippen LogP contribution in [0.5, 0.6) is 0 Å². The summed E-state index contributed by atoms with van der Waals surface area (Å²) in [6.45, 7) is 8.60.